The number of imidazole rings is 1. The standard InChI is InChI=1S/C11H13N5/c1-2-10(15-3-1)11-6-14-8-16(11)9-4-12-7-13-5-9/h4-8,10,15H,1-3H2/t10-/m0/s1. The van der Waals surface area contributed by atoms with E-state index in [-0.39, 0.29) is 0 Å². The van der Waals surface area contributed by atoms with Crippen molar-refractivity contribution in [3.8, 4) is 5.69 Å². The number of hydrogen-bond acceptors (Lipinski definition) is 4. The zero-order valence-corrected chi connectivity index (χ0v) is 8.87. The van der Waals surface area contributed by atoms with E-state index in [0.717, 1.165) is 12.2 Å². The van der Waals surface area contributed by atoms with Crippen LogP contribution in [0.3, 0.4) is 0 Å². The van der Waals surface area contributed by atoms with Gasteiger partial charge in [0.1, 0.15) is 6.33 Å². The lowest BCUT2D eigenvalue weighted by molar-refractivity contribution is 0.614. The second-order valence-corrected chi connectivity index (χ2v) is 3.93. The molecule has 0 radical (unpaired) electrons. The van der Waals surface area contributed by atoms with Gasteiger partial charge in [0.25, 0.3) is 0 Å². The van der Waals surface area contributed by atoms with Crippen LogP contribution in [0.15, 0.2) is 31.2 Å². The Balaban J connectivity index is 1.99. The number of rotatable bonds is 2. The van der Waals surface area contributed by atoms with Gasteiger partial charge in [0, 0.05) is 6.04 Å². The van der Waals surface area contributed by atoms with Gasteiger partial charge in [0.05, 0.1) is 36.3 Å². The highest BCUT2D eigenvalue weighted by Crippen LogP contribution is 2.24. The average molecular weight is 215 g/mol. The van der Waals surface area contributed by atoms with Crippen LogP contribution in [0, 0.1) is 0 Å². The molecule has 0 unspecified atom stereocenters. The molecule has 5 nitrogen and oxygen atoms in total. The molecular formula is C11H13N5. The molecular weight excluding hydrogens is 202 g/mol. The molecule has 1 saturated heterocycles. The Morgan fingerprint density at radius 2 is 2.06 bits per heavy atom. The molecule has 0 aromatic carbocycles. The summed E-state index contributed by atoms with van der Waals surface area (Å²) >= 11 is 0. The average Bonchev–Trinajstić information content (AvgIpc) is 3.01. The molecule has 1 aliphatic rings. The monoisotopic (exact) mass is 215 g/mol. The van der Waals surface area contributed by atoms with E-state index in [1.807, 2.05) is 17.1 Å². The summed E-state index contributed by atoms with van der Waals surface area (Å²) in [7, 11) is 0. The molecule has 1 fully saturated rings. The molecule has 3 heterocycles. The van der Waals surface area contributed by atoms with E-state index in [2.05, 4.69) is 20.3 Å². The predicted molar refractivity (Wildman–Crippen MR) is 59.1 cm³/mol. The minimum absolute atomic E-state index is 0.405. The van der Waals surface area contributed by atoms with Gasteiger partial charge in [-0.3, -0.25) is 4.57 Å². The van der Waals surface area contributed by atoms with Crippen molar-refractivity contribution in [1.82, 2.24) is 24.8 Å². The fraction of sp³-hybridized carbons (Fsp3) is 0.364. The Kier molecular flexibility index (Phi) is 2.38. The van der Waals surface area contributed by atoms with Crippen LogP contribution in [0.5, 0.6) is 0 Å². The molecule has 16 heavy (non-hydrogen) atoms. The molecule has 1 atom stereocenters. The van der Waals surface area contributed by atoms with E-state index in [1.54, 1.807) is 12.4 Å². The molecule has 5 heteroatoms. The summed E-state index contributed by atoms with van der Waals surface area (Å²) in [6.45, 7) is 1.08. The second-order valence-electron chi connectivity index (χ2n) is 3.93. The largest absolute Gasteiger partial charge is 0.309 e. The lowest BCUT2D eigenvalue weighted by Crippen LogP contribution is -2.16. The zero-order chi connectivity index (χ0) is 10.8. The molecule has 0 amide bonds. The molecule has 2 aromatic heterocycles. The van der Waals surface area contributed by atoms with Gasteiger partial charge in [-0.25, -0.2) is 15.0 Å². The predicted octanol–water partition coefficient (Wildman–Crippen LogP) is 1.09. The molecule has 0 spiro atoms. The number of nitrogens with one attached hydrogen (secondary N) is 1. The van der Waals surface area contributed by atoms with Crippen molar-refractivity contribution in [3.05, 3.63) is 36.9 Å². The molecule has 2 aromatic rings. The molecule has 0 aliphatic carbocycles. The van der Waals surface area contributed by atoms with Crippen molar-refractivity contribution in [3.63, 3.8) is 0 Å². The zero-order valence-electron chi connectivity index (χ0n) is 8.87. The second kappa shape index (κ2) is 4.02. The highest BCUT2D eigenvalue weighted by Gasteiger charge is 2.20. The summed E-state index contributed by atoms with van der Waals surface area (Å²) in [4.78, 5) is 12.3. The maximum absolute atomic E-state index is 4.21. The van der Waals surface area contributed by atoms with Crippen LogP contribution in [0.4, 0.5) is 0 Å². The van der Waals surface area contributed by atoms with Crippen molar-refractivity contribution < 1.29 is 0 Å². The van der Waals surface area contributed by atoms with Crippen LogP contribution >= 0.6 is 0 Å². The summed E-state index contributed by atoms with van der Waals surface area (Å²) in [6.07, 6.45) is 11.2. The SMILES string of the molecule is c1ncc(-n2cncc2[C@@H]2CCCN2)cn1. The number of hydrogen-bond donors (Lipinski definition) is 1. The first-order valence-corrected chi connectivity index (χ1v) is 5.46. The van der Waals surface area contributed by atoms with Crippen molar-refractivity contribution in [2.24, 2.45) is 0 Å². The van der Waals surface area contributed by atoms with Crippen molar-refractivity contribution in [1.29, 1.82) is 0 Å². The maximum atomic E-state index is 4.21. The Hall–Kier alpha value is -1.75. The van der Waals surface area contributed by atoms with Gasteiger partial charge in [-0.05, 0) is 19.4 Å². The van der Waals surface area contributed by atoms with Crippen LogP contribution in [0.25, 0.3) is 5.69 Å². The van der Waals surface area contributed by atoms with E-state index in [0.29, 0.717) is 6.04 Å². The minimum Gasteiger partial charge on any atom is -0.309 e. The van der Waals surface area contributed by atoms with E-state index < -0.39 is 0 Å². The first-order chi connectivity index (χ1) is 7.95. The highest BCUT2D eigenvalue weighted by molar-refractivity contribution is 5.28. The molecule has 0 saturated carbocycles. The first-order valence-electron chi connectivity index (χ1n) is 5.46. The molecule has 1 N–H and O–H groups in total. The smallest absolute Gasteiger partial charge is 0.115 e. The summed E-state index contributed by atoms with van der Waals surface area (Å²) in [5.41, 5.74) is 2.15. The van der Waals surface area contributed by atoms with Crippen LogP contribution < -0.4 is 5.32 Å². The van der Waals surface area contributed by atoms with Crippen LogP contribution in [-0.2, 0) is 0 Å². The number of nitrogens with zero attached hydrogens (tertiary/aromatic N) is 4. The third-order valence-corrected chi connectivity index (χ3v) is 2.91. The van der Waals surface area contributed by atoms with Crippen LogP contribution in [-0.4, -0.2) is 26.1 Å². The lowest BCUT2D eigenvalue weighted by atomic mass is 10.2. The normalized spacial score (nSPS) is 20.1. The Labute approximate surface area is 93.6 Å². The topological polar surface area (TPSA) is 55.6 Å². The molecule has 82 valence electrons. The van der Waals surface area contributed by atoms with E-state index >= 15 is 0 Å². The summed E-state index contributed by atoms with van der Waals surface area (Å²) in [6, 6.07) is 0.405. The minimum atomic E-state index is 0.405. The summed E-state index contributed by atoms with van der Waals surface area (Å²) < 4.78 is 2.04. The fourth-order valence-corrected chi connectivity index (χ4v) is 2.13. The van der Waals surface area contributed by atoms with Gasteiger partial charge < -0.3 is 5.32 Å². The van der Waals surface area contributed by atoms with Crippen molar-refractivity contribution in [2.45, 2.75) is 18.9 Å². The van der Waals surface area contributed by atoms with Gasteiger partial charge in [-0.1, -0.05) is 0 Å². The number of aromatic nitrogens is 4. The van der Waals surface area contributed by atoms with Gasteiger partial charge in [0.15, 0.2) is 0 Å². The van der Waals surface area contributed by atoms with Crippen molar-refractivity contribution in [2.75, 3.05) is 6.54 Å². The highest BCUT2D eigenvalue weighted by atomic mass is 15.1. The first kappa shape index (κ1) is 9.47. The van der Waals surface area contributed by atoms with Crippen LogP contribution in [0.2, 0.25) is 0 Å². The lowest BCUT2D eigenvalue weighted by Gasteiger charge is -2.13. The summed E-state index contributed by atoms with van der Waals surface area (Å²) in [5, 5.41) is 3.47. The molecule has 3 rings (SSSR count). The van der Waals surface area contributed by atoms with Gasteiger partial charge >= 0.3 is 0 Å². The Morgan fingerprint density at radius 1 is 1.19 bits per heavy atom. The van der Waals surface area contributed by atoms with Gasteiger partial charge in [-0.2, -0.15) is 0 Å². The van der Waals surface area contributed by atoms with Crippen LogP contribution in [0.1, 0.15) is 24.6 Å². The van der Waals surface area contributed by atoms with Gasteiger partial charge in [0.2, 0.25) is 0 Å². The van der Waals surface area contributed by atoms with Gasteiger partial charge in [-0.15, -0.1) is 0 Å². The third kappa shape index (κ3) is 1.59. The quantitative estimate of drug-likeness (QED) is 0.814. The van der Waals surface area contributed by atoms with E-state index in [1.165, 1.54) is 24.9 Å². The molecule has 0 bridgehead atoms. The van der Waals surface area contributed by atoms with Crippen molar-refractivity contribution >= 4 is 0 Å². The maximum Gasteiger partial charge on any atom is 0.115 e. The van der Waals surface area contributed by atoms with E-state index in [9.17, 15) is 0 Å². The summed E-state index contributed by atoms with van der Waals surface area (Å²) in [5.74, 6) is 0. The Bertz CT molecular complexity index is 458. The third-order valence-electron chi connectivity index (χ3n) is 2.91. The fourth-order valence-electron chi connectivity index (χ4n) is 2.13. The Morgan fingerprint density at radius 3 is 2.81 bits per heavy atom. The van der Waals surface area contributed by atoms with E-state index in [4.69, 9.17) is 0 Å². The molecule has 1 aliphatic heterocycles.